The first kappa shape index (κ1) is 24.2. The lowest BCUT2D eigenvalue weighted by molar-refractivity contribution is -0.155. The summed E-state index contributed by atoms with van der Waals surface area (Å²) in [5, 5.41) is 0. The molecule has 3 saturated heterocycles. The van der Waals surface area contributed by atoms with Crippen molar-refractivity contribution in [1.29, 1.82) is 0 Å². The number of rotatable bonds is 4. The molecule has 2 bridgehead atoms. The van der Waals surface area contributed by atoms with E-state index in [2.05, 4.69) is 20.8 Å². The van der Waals surface area contributed by atoms with Crippen LogP contribution in [-0.4, -0.2) is 70.0 Å². The summed E-state index contributed by atoms with van der Waals surface area (Å²) in [4.78, 5) is 59.8. The SMILES string of the molecule is CCN1C[C@@H]2[C@@H]3C(=O)N(C)C(=O)[C@@H]3[C@](Cc3ccccc3)(C1=O)N2C(=O)c1ccc(C(C)(C)C)cc1. The monoisotopic (exact) mass is 487 g/mol. The minimum atomic E-state index is -1.46. The molecule has 3 heterocycles. The highest BCUT2D eigenvalue weighted by atomic mass is 16.2. The van der Waals surface area contributed by atoms with Crippen LogP contribution in [0.4, 0.5) is 0 Å². The van der Waals surface area contributed by atoms with Gasteiger partial charge < -0.3 is 9.80 Å². The van der Waals surface area contributed by atoms with Gasteiger partial charge in [0.05, 0.1) is 17.9 Å². The van der Waals surface area contributed by atoms with Gasteiger partial charge in [0, 0.05) is 32.1 Å². The summed E-state index contributed by atoms with van der Waals surface area (Å²) in [5.74, 6) is -2.88. The molecule has 0 saturated carbocycles. The van der Waals surface area contributed by atoms with Crippen molar-refractivity contribution in [2.75, 3.05) is 20.1 Å². The molecule has 3 aliphatic rings. The van der Waals surface area contributed by atoms with Crippen LogP contribution in [0.5, 0.6) is 0 Å². The number of benzene rings is 2. The minimum Gasteiger partial charge on any atom is -0.339 e. The Morgan fingerprint density at radius 1 is 0.972 bits per heavy atom. The molecule has 7 heteroatoms. The van der Waals surface area contributed by atoms with E-state index in [4.69, 9.17) is 0 Å². The highest BCUT2D eigenvalue weighted by Gasteiger charge is 2.74. The van der Waals surface area contributed by atoms with Crippen LogP contribution in [0.2, 0.25) is 0 Å². The fourth-order valence-corrected chi connectivity index (χ4v) is 6.38. The van der Waals surface area contributed by atoms with Crippen molar-refractivity contribution in [1.82, 2.24) is 14.7 Å². The maximum atomic E-state index is 14.2. The Labute approximate surface area is 212 Å². The zero-order chi connectivity index (χ0) is 26.0. The largest absolute Gasteiger partial charge is 0.339 e. The van der Waals surface area contributed by atoms with Crippen molar-refractivity contribution < 1.29 is 19.2 Å². The average molecular weight is 488 g/mol. The van der Waals surface area contributed by atoms with E-state index in [-0.39, 0.29) is 42.0 Å². The standard InChI is InChI=1S/C29H33N3O4/c1-6-31-17-21-22-23(26(35)30(5)25(22)34)29(27(31)36,16-18-10-8-7-9-11-18)32(21)24(33)19-12-14-20(15-13-19)28(2,3)4/h7-15,21-23H,6,16-17H2,1-5H3/t21-,22+,23-,29-/m1/s1. The highest BCUT2D eigenvalue weighted by Crippen LogP contribution is 2.54. The molecule has 0 spiro atoms. The van der Waals surface area contributed by atoms with Crippen molar-refractivity contribution in [3.63, 3.8) is 0 Å². The van der Waals surface area contributed by atoms with Crippen LogP contribution in [0, 0.1) is 11.8 Å². The molecule has 0 aromatic heterocycles. The Hall–Kier alpha value is -3.48. The Morgan fingerprint density at radius 2 is 1.61 bits per heavy atom. The second-order valence-corrected chi connectivity index (χ2v) is 11.2. The molecular weight excluding hydrogens is 454 g/mol. The molecule has 0 radical (unpaired) electrons. The first-order chi connectivity index (χ1) is 17.0. The van der Waals surface area contributed by atoms with Gasteiger partial charge in [0.15, 0.2) is 0 Å². The summed E-state index contributed by atoms with van der Waals surface area (Å²) in [5.41, 5.74) is 0.868. The summed E-state index contributed by atoms with van der Waals surface area (Å²) in [6, 6.07) is 16.4. The molecule has 4 amide bonds. The van der Waals surface area contributed by atoms with Gasteiger partial charge in [-0.1, -0.05) is 63.2 Å². The molecule has 3 aliphatic heterocycles. The van der Waals surface area contributed by atoms with Gasteiger partial charge in [-0.15, -0.1) is 0 Å². The van der Waals surface area contributed by atoms with Gasteiger partial charge in [-0.3, -0.25) is 24.1 Å². The lowest BCUT2D eigenvalue weighted by atomic mass is 9.75. The van der Waals surface area contributed by atoms with E-state index in [1.807, 2.05) is 49.4 Å². The van der Waals surface area contributed by atoms with E-state index >= 15 is 0 Å². The first-order valence-corrected chi connectivity index (χ1v) is 12.6. The van der Waals surface area contributed by atoms with E-state index in [9.17, 15) is 19.2 Å². The second-order valence-electron chi connectivity index (χ2n) is 11.2. The molecule has 188 valence electrons. The molecular formula is C29H33N3O4. The van der Waals surface area contributed by atoms with Gasteiger partial charge in [-0.25, -0.2) is 0 Å². The third kappa shape index (κ3) is 3.32. The van der Waals surface area contributed by atoms with Crippen molar-refractivity contribution in [2.45, 2.75) is 51.1 Å². The third-order valence-corrected chi connectivity index (χ3v) is 8.24. The average Bonchev–Trinajstić information content (AvgIpc) is 3.23. The molecule has 5 rings (SSSR count). The van der Waals surface area contributed by atoms with Crippen LogP contribution >= 0.6 is 0 Å². The number of amides is 4. The van der Waals surface area contributed by atoms with Crippen LogP contribution in [0.1, 0.15) is 49.2 Å². The Bertz CT molecular complexity index is 1230. The molecule has 0 unspecified atom stereocenters. The lowest BCUT2D eigenvalue weighted by Crippen LogP contribution is -2.70. The summed E-state index contributed by atoms with van der Waals surface area (Å²) in [6.07, 6.45) is 0.180. The summed E-state index contributed by atoms with van der Waals surface area (Å²) < 4.78 is 0. The first-order valence-electron chi connectivity index (χ1n) is 12.6. The van der Waals surface area contributed by atoms with Crippen molar-refractivity contribution >= 4 is 23.6 Å². The van der Waals surface area contributed by atoms with Gasteiger partial charge in [0.25, 0.3) is 5.91 Å². The smallest absolute Gasteiger partial charge is 0.255 e. The van der Waals surface area contributed by atoms with Crippen LogP contribution in [0.3, 0.4) is 0 Å². The fourth-order valence-electron chi connectivity index (χ4n) is 6.38. The number of carbonyl (C=O) groups excluding carboxylic acids is 4. The highest BCUT2D eigenvalue weighted by molar-refractivity contribution is 6.13. The van der Waals surface area contributed by atoms with E-state index in [1.165, 1.54) is 7.05 Å². The number of piperazine rings is 1. The molecule has 3 fully saturated rings. The second kappa shape index (κ2) is 8.29. The molecule has 2 aromatic carbocycles. The Kier molecular flexibility index (Phi) is 5.58. The molecule has 0 aliphatic carbocycles. The van der Waals surface area contributed by atoms with Crippen molar-refractivity contribution in [2.24, 2.45) is 11.8 Å². The van der Waals surface area contributed by atoms with Gasteiger partial charge in [0.1, 0.15) is 5.54 Å². The maximum Gasteiger partial charge on any atom is 0.255 e. The number of hydrogen-bond acceptors (Lipinski definition) is 4. The van der Waals surface area contributed by atoms with Crippen LogP contribution in [0.15, 0.2) is 54.6 Å². The summed E-state index contributed by atoms with van der Waals surface area (Å²) in [6.45, 7) is 8.91. The van der Waals surface area contributed by atoms with Crippen LogP contribution in [-0.2, 0) is 26.2 Å². The quantitative estimate of drug-likeness (QED) is 0.622. The Morgan fingerprint density at radius 3 is 2.19 bits per heavy atom. The van der Waals surface area contributed by atoms with Gasteiger partial charge in [-0.05, 0) is 35.6 Å². The van der Waals surface area contributed by atoms with E-state index < -0.39 is 23.4 Å². The van der Waals surface area contributed by atoms with E-state index in [0.29, 0.717) is 12.1 Å². The van der Waals surface area contributed by atoms with Gasteiger partial charge in [-0.2, -0.15) is 0 Å². The predicted molar refractivity (Wildman–Crippen MR) is 135 cm³/mol. The summed E-state index contributed by atoms with van der Waals surface area (Å²) in [7, 11) is 1.48. The predicted octanol–water partition coefficient (Wildman–Crippen LogP) is 2.88. The van der Waals surface area contributed by atoms with Gasteiger partial charge in [0.2, 0.25) is 17.7 Å². The number of hydrogen-bond donors (Lipinski definition) is 0. The number of fused-ring (bicyclic) bond motifs is 5. The van der Waals surface area contributed by atoms with E-state index in [1.54, 1.807) is 21.9 Å². The van der Waals surface area contributed by atoms with E-state index in [0.717, 1.165) is 16.0 Å². The van der Waals surface area contributed by atoms with Crippen LogP contribution < -0.4 is 0 Å². The van der Waals surface area contributed by atoms with Crippen molar-refractivity contribution in [3.05, 3.63) is 71.3 Å². The minimum absolute atomic E-state index is 0.0711. The number of likely N-dealkylation sites (N-methyl/N-ethyl adjacent to an activating group) is 1. The fraction of sp³-hybridized carbons (Fsp3) is 0.448. The zero-order valence-electron chi connectivity index (χ0n) is 21.5. The maximum absolute atomic E-state index is 14.2. The number of likely N-dealkylation sites (tertiary alicyclic amines) is 2. The number of imide groups is 1. The molecule has 36 heavy (non-hydrogen) atoms. The zero-order valence-corrected chi connectivity index (χ0v) is 21.5. The number of carbonyl (C=O) groups is 4. The Balaban J connectivity index is 1.68. The van der Waals surface area contributed by atoms with Crippen molar-refractivity contribution in [3.8, 4) is 0 Å². The number of nitrogens with zero attached hydrogens (tertiary/aromatic N) is 3. The molecule has 0 N–H and O–H groups in total. The molecule has 7 nitrogen and oxygen atoms in total. The lowest BCUT2D eigenvalue weighted by Gasteiger charge is -2.49. The van der Waals surface area contributed by atoms with Gasteiger partial charge >= 0.3 is 0 Å². The third-order valence-electron chi connectivity index (χ3n) is 8.24. The normalized spacial score (nSPS) is 27.6. The topological polar surface area (TPSA) is 78.0 Å². The summed E-state index contributed by atoms with van der Waals surface area (Å²) >= 11 is 0. The van der Waals surface area contributed by atoms with Crippen LogP contribution in [0.25, 0.3) is 0 Å². The molecule has 2 aromatic rings. The molecule has 4 atom stereocenters.